The van der Waals surface area contributed by atoms with Crippen molar-refractivity contribution < 1.29 is 13.3 Å². The van der Waals surface area contributed by atoms with E-state index in [0.29, 0.717) is 12.1 Å². The van der Waals surface area contributed by atoms with Crippen LogP contribution in [0.15, 0.2) is 40.2 Å². The zero-order chi connectivity index (χ0) is 19.8. The van der Waals surface area contributed by atoms with Gasteiger partial charge in [0.25, 0.3) is 5.56 Å². The van der Waals surface area contributed by atoms with E-state index in [2.05, 4.69) is 9.71 Å². The molecule has 0 aliphatic heterocycles. The molecule has 9 heteroatoms. The summed E-state index contributed by atoms with van der Waals surface area (Å²) in [5.74, 6) is 0. The van der Waals surface area contributed by atoms with Gasteiger partial charge < -0.3 is 9.74 Å². The van der Waals surface area contributed by atoms with Gasteiger partial charge in [0.05, 0.1) is 22.6 Å². The van der Waals surface area contributed by atoms with Gasteiger partial charge in [0.1, 0.15) is 12.0 Å². The van der Waals surface area contributed by atoms with Crippen LogP contribution in [-0.4, -0.2) is 57.3 Å². The molecule has 0 bridgehead atoms. The number of para-hydroxylation sites is 1. The second kappa shape index (κ2) is 7.26. The summed E-state index contributed by atoms with van der Waals surface area (Å²) < 4.78 is 29.2. The number of pyridine rings is 2. The lowest BCUT2D eigenvalue weighted by Crippen LogP contribution is -2.33. The van der Waals surface area contributed by atoms with Crippen molar-refractivity contribution in [1.82, 2.24) is 19.3 Å². The predicted molar refractivity (Wildman–Crippen MR) is 104 cm³/mol. The van der Waals surface area contributed by atoms with Crippen molar-refractivity contribution >= 4 is 31.8 Å². The van der Waals surface area contributed by atoms with E-state index in [-0.39, 0.29) is 22.3 Å². The van der Waals surface area contributed by atoms with Crippen LogP contribution in [0.5, 0.6) is 0 Å². The zero-order valence-electron chi connectivity index (χ0n) is 15.7. The standard InChI is InChI=1S/C18H22N4O4S/c1-12-6-5-7-13-10-14-17(20-16(12)13)15(11-22(26-4)18(14)23)27(24,25)19-8-9-21(2)3/h5-7,10-11,19H,8-9H2,1-4H3. The molecule has 0 saturated carbocycles. The van der Waals surface area contributed by atoms with E-state index < -0.39 is 15.6 Å². The van der Waals surface area contributed by atoms with Crippen LogP contribution in [0.2, 0.25) is 0 Å². The fourth-order valence-electron chi connectivity index (χ4n) is 2.86. The Bertz CT molecular complexity index is 1170. The molecule has 8 nitrogen and oxygen atoms in total. The third kappa shape index (κ3) is 3.66. The van der Waals surface area contributed by atoms with E-state index in [4.69, 9.17) is 4.84 Å². The first-order chi connectivity index (χ1) is 12.7. The lowest BCUT2D eigenvalue weighted by atomic mass is 10.1. The van der Waals surface area contributed by atoms with Crippen molar-refractivity contribution in [3.63, 3.8) is 0 Å². The van der Waals surface area contributed by atoms with Crippen molar-refractivity contribution in [2.75, 3.05) is 34.3 Å². The summed E-state index contributed by atoms with van der Waals surface area (Å²) in [5, 5.41) is 0.947. The Hall–Kier alpha value is -2.49. The van der Waals surface area contributed by atoms with Crippen molar-refractivity contribution in [2.45, 2.75) is 11.8 Å². The van der Waals surface area contributed by atoms with Crippen LogP contribution in [0.3, 0.4) is 0 Å². The first-order valence-corrected chi connectivity index (χ1v) is 9.87. The highest BCUT2D eigenvalue weighted by Gasteiger charge is 2.22. The summed E-state index contributed by atoms with van der Waals surface area (Å²) >= 11 is 0. The van der Waals surface area contributed by atoms with Gasteiger partial charge in [0, 0.05) is 18.5 Å². The second-order valence-electron chi connectivity index (χ2n) is 6.54. The quantitative estimate of drug-likeness (QED) is 0.625. The number of fused-ring (bicyclic) bond motifs is 2. The fraction of sp³-hybridized carbons (Fsp3) is 0.333. The molecule has 1 N–H and O–H groups in total. The molecular formula is C18H22N4O4S. The third-order valence-electron chi connectivity index (χ3n) is 4.28. The maximum atomic E-state index is 12.9. The van der Waals surface area contributed by atoms with Gasteiger partial charge in [-0.2, -0.15) is 4.73 Å². The van der Waals surface area contributed by atoms with Crippen LogP contribution in [-0.2, 0) is 10.0 Å². The maximum absolute atomic E-state index is 12.9. The summed E-state index contributed by atoms with van der Waals surface area (Å²) in [6.45, 7) is 2.66. The number of rotatable bonds is 6. The molecular weight excluding hydrogens is 368 g/mol. The second-order valence-corrected chi connectivity index (χ2v) is 8.27. The number of benzene rings is 1. The summed E-state index contributed by atoms with van der Waals surface area (Å²) in [7, 11) is 1.12. The molecule has 0 radical (unpaired) electrons. The minimum atomic E-state index is -3.89. The van der Waals surface area contributed by atoms with Gasteiger partial charge in [-0.15, -0.1) is 0 Å². The summed E-state index contributed by atoms with van der Waals surface area (Å²) in [6, 6.07) is 7.24. The number of aromatic nitrogens is 2. The molecule has 0 spiro atoms. The lowest BCUT2D eigenvalue weighted by molar-refractivity contribution is 0.156. The predicted octanol–water partition coefficient (Wildman–Crippen LogP) is 0.756. The number of likely N-dealkylation sites (N-methyl/N-ethyl adjacent to an activating group) is 1. The van der Waals surface area contributed by atoms with Crippen LogP contribution >= 0.6 is 0 Å². The Morgan fingerprint density at radius 2 is 2.00 bits per heavy atom. The fourth-order valence-corrected chi connectivity index (χ4v) is 4.02. The molecule has 0 aliphatic carbocycles. The molecule has 0 unspecified atom stereocenters. The molecule has 0 amide bonds. The highest BCUT2D eigenvalue weighted by atomic mass is 32.2. The monoisotopic (exact) mass is 390 g/mol. The zero-order valence-corrected chi connectivity index (χ0v) is 16.5. The van der Waals surface area contributed by atoms with Crippen LogP contribution in [0.1, 0.15) is 5.56 Å². The van der Waals surface area contributed by atoms with E-state index in [1.807, 2.05) is 44.1 Å². The summed E-state index contributed by atoms with van der Waals surface area (Å²) in [6.07, 6.45) is 1.17. The van der Waals surface area contributed by atoms with Crippen LogP contribution in [0.4, 0.5) is 0 Å². The van der Waals surface area contributed by atoms with Crippen LogP contribution < -0.4 is 15.1 Å². The minimum absolute atomic E-state index is 0.0946. The topological polar surface area (TPSA) is 93.5 Å². The summed E-state index contributed by atoms with van der Waals surface area (Å²) in [5.41, 5.74) is 1.22. The molecule has 0 saturated heterocycles. The molecule has 0 aliphatic rings. The summed E-state index contributed by atoms with van der Waals surface area (Å²) in [4.78, 5) is 24.0. The van der Waals surface area contributed by atoms with Crippen LogP contribution in [0.25, 0.3) is 21.8 Å². The Labute approximate surface area is 157 Å². The van der Waals surface area contributed by atoms with Gasteiger partial charge in [0.2, 0.25) is 10.0 Å². The molecule has 1 aromatic carbocycles. The Kier molecular flexibility index (Phi) is 5.18. The molecule has 3 aromatic rings. The van der Waals surface area contributed by atoms with Crippen molar-refractivity contribution in [3.8, 4) is 0 Å². The van der Waals surface area contributed by atoms with E-state index in [9.17, 15) is 13.2 Å². The molecule has 3 rings (SSSR count). The molecule has 2 heterocycles. The molecule has 0 atom stereocenters. The van der Waals surface area contributed by atoms with Crippen molar-refractivity contribution in [3.05, 3.63) is 46.4 Å². The number of hydrogen-bond donors (Lipinski definition) is 1. The number of sulfonamides is 1. The number of hydrogen-bond acceptors (Lipinski definition) is 6. The Morgan fingerprint density at radius 3 is 2.67 bits per heavy atom. The first kappa shape index (κ1) is 19.3. The average molecular weight is 390 g/mol. The molecule has 144 valence electrons. The SMILES string of the molecule is COn1cc(S(=O)(=O)NCCN(C)C)c2nc3c(C)cccc3cc2c1=O. The normalized spacial score (nSPS) is 12.2. The lowest BCUT2D eigenvalue weighted by Gasteiger charge is -2.14. The number of nitrogens with one attached hydrogen (secondary N) is 1. The van der Waals surface area contributed by atoms with Crippen molar-refractivity contribution in [2.24, 2.45) is 0 Å². The molecule has 27 heavy (non-hydrogen) atoms. The average Bonchev–Trinajstić information content (AvgIpc) is 2.61. The highest BCUT2D eigenvalue weighted by molar-refractivity contribution is 7.89. The van der Waals surface area contributed by atoms with E-state index >= 15 is 0 Å². The molecule has 2 aromatic heterocycles. The number of aryl methyl sites for hydroxylation is 1. The van der Waals surface area contributed by atoms with Gasteiger partial charge in [-0.05, 0) is 32.6 Å². The largest absolute Gasteiger partial charge is 0.414 e. The van der Waals surface area contributed by atoms with Crippen LogP contribution in [0, 0.1) is 6.92 Å². The first-order valence-electron chi connectivity index (χ1n) is 8.39. The number of nitrogens with zero attached hydrogens (tertiary/aromatic N) is 3. The Morgan fingerprint density at radius 1 is 1.26 bits per heavy atom. The van der Waals surface area contributed by atoms with Gasteiger partial charge in [-0.3, -0.25) is 4.79 Å². The van der Waals surface area contributed by atoms with Crippen molar-refractivity contribution in [1.29, 1.82) is 0 Å². The highest BCUT2D eigenvalue weighted by Crippen LogP contribution is 2.24. The van der Waals surface area contributed by atoms with E-state index in [1.165, 1.54) is 13.3 Å². The smallest absolute Gasteiger partial charge is 0.292 e. The third-order valence-corrected chi connectivity index (χ3v) is 5.75. The Balaban J connectivity index is 2.29. The van der Waals surface area contributed by atoms with Gasteiger partial charge >= 0.3 is 0 Å². The molecule has 0 fully saturated rings. The van der Waals surface area contributed by atoms with E-state index in [1.54, 1.807) is 6.07 Å². The van der Waals surface area contributed by atoms with E-state index in [0.717, 1.165) is 15.7 Å². The van der Waals surface area contributed by atoms with Gasteiger partial charge in [0.15, 0.2) is 0 Å². The van der Waals surface area contributed by atoms with Gasteiger partial charge in [-0.25, -0.2) is 18.1 Å². The van der Waals surface area contributed by atoms with Gasteiger partial charge in [-0.1, -0.05) is 18.2 Å². The minimum Gasteiger partial charge on any atom is -0.414 e. The maximum Gasteiger partial charge on any atom is 0.292 e.